The Bertz CT molecular complexity index is 851. The van der Waals surface area contributed by atoms with Crippen molar-refractivity contribution in [3.05, 3.63) is 94.8 Å². The van der Waals surface area contributed by atoms with Crippen molar-refractivity contribution in [2.45, 2.75) is 6.10 Å². The highest BCUT2D eigenvalue weighted by Gasteiger charge is 2.17. The molecule has 1 aromatic heterocycles. The Labute approximate surface area is 151 Å². The van der Waals surface area contributed by atoms with Crippen molar-refractivity contribution in [2.75, 3.05) is 12.4 Å². The quantitative estimate of drug-likeness (QED) is 0.722. The second-order valence-corrected chi connectivity index (χ2v) is 5.89. The molecule has 4 nitrogen and oxygen atoms in total. The molecule has 1 atom stereocenters. The number of methoxy groups -OCH3 is 1. The van der Waals surface area contributed by atoms with E-state index in [-0.39, 0.29) is 12.0 Å². The van der Waals surface area contributed by atoms with E-state index in [1.807, 2.05) is 42.5 Å². The molecular formula is C20H17ClN2O2. The van der Waals surface area contributed by atoms with Crippen molar-refractivity contribution >= 4 is 23.2 Å². The number of hydrogen-bond acceptors (Lipinski definition) is 3. The predicted octanol–water partition coefficient (Wildman–Crippen LogP) is 4.72. The summed E-state index contributed by atoms with van der Waals surface area (Å²) in [6.07, 6.45) is 1.23. The zero-order valence-electron chi connectivity index (χ0n) is 13.6. The van der Waals surface area contributed by atoms with Crippen LogP contribution in [0.2, 0.25) is 5.02 Å². The molecule has 0 bridgehead atoms. The van der Waals surface area contributed by atoms with Gasteiger partial charge in [0.05, 0.1) is 5.69 Å². The molecular weight excluding hydrogens is 336 g/mol. The molecule has 1 heterocycles. The van der Waals surface area contributed by atoms with E-state index < -0.39 is 0 Å². The first kappa shape index (κ1) is 17.1. The highest BCUT2D eigenvalue weighted by atomic mass is 35.5. The Morgan fingerprint density at radius 3 is 2.48 bits per heavy atom. The van der Waals surface area contributed by atoms with Gasteiger partial charge >= 0.3 is 0 Å². The third kappa shape index (κ3) is 4.24. The molecule has 25 heavy (non-hydrogen) atoms. The van der Waals surface area contributed by atoms with Crippen molar-refractivity contribution in [2.24, 2.45) is 0 Å². The van der Waals surface area contributed by atoms with Crippen molar-refractivity contribution in [3.8, 4) is 0 Å². The second-order valence-electron chi connectivity index (χ2n) is 5.46. The summed E-state index contributed by atoms with van der Waals surface area (Å²) in [5, 5.41) is 3.52. The Balaban J connectivity index is 1.84. The van der Waals surface area contributed by atoms with E-state index in [4.69, 9.17) is 16.3 Å². The number of aromatic nitrogens is 1. The second kappa shape index (κ2) is 7.92. The number of nitrogens with zero attached hydrogens (tertiary/aromatic N) is 1. The minimum Gasteiger partial charge on any atom is -0.370 e. The summed E-state index contributed by atoms with van der Waals surface area (Å²) in [7, 11) is 1.61. The van der Waals surface area contributed by atoms with Crippen LogP contribution < -0.4 is 5.32 Å². The Kier molecular flexibility index (Phi) is 5.43. The maximum atomic E-state index is 12.5. The molecule has 5 heteroatoms. The maximum Gasteiger partial charge on any atom is 0.255 e. The Hall–Kier alpha value is -2.69. The van der Waals surface area contributed by atoms with Crippen LogP contribution in [0.25, 0.3) is 0 Å². The molecule has 126 valence electrons. The van der Waals surface area contributed by atoms with Crippen molar-refractivity contribution in [3.63, 3.8) is 0 Å². The van der Waals surface area contributed by atoms with Gasteiger partial charge in [0.15, 0.2) is 0 Å². The van der Waals surface area contributed by atoms with E-state index in [1.54, 1.807) is 37.6 Å². The fraction of sp³-hybridized carbons (Fsp3) is 0.100. The molecule has 3 aromatic rings. The zero-order chi connectivity index (χ0) is 17.6. The molecule has 0 aliphatic carbocycles. The first-order chi connectivity index (χ1) is 12.2. The van der Waals surface area contributed by atoms with Crippen LogP contribution >= 0.6 is 11.6 Å². The predicted molar refractivity (Wildman–Crippen MR) is 98.9 cm³/mol. The molecule has 1 N–H and O–H groups in total. The highest BCUT2D eigenvalue weighted by molar-refractivity contribution is 6.30. The molecule has 0 aliphatic heterocycles. The summed E-state index contributed by atoms with van der Waals surface area (Å²) < 4.78 is 5.58. The van der Waals surface area contributed by atoms with Crippen LogP contribution in [0.5, 0.6) is 0 Å². The van der Waals surface area contributed by atoms with Gasteiger partial charge in [-0.25, -0.2) is 0 Å². The molecule has 0 aliphatic rings. The average Bonchev–Trinajstić information content (AvgIpc) is 2.65. The van der Waals surface area contributed by atoms with Gasteiger partial charge in [-0.2, -0.15) is 0 Å². The topological polar surface area (TPSA) is 51.2 Å². The number of amides is 1. The maximum absolute atomic E-state index is 12.5. The van der Waals surface area contributed by atoms with Crippen LogP contribution in [-0.2, 0) is 4.74 Å². The van der Waals surface area contributed by atoms with Gasteiger partial charge in [0.1, 0.15) is 6.10 Å². The monoisotopic (exact) mass is 352 g/mol. The van der Waals surface area contributed by atoms with Crippen LogP contribution in [0.3, 0.4) is 0 Å². The lowest BCUT2D eigenvalue weighted by atomic mass is 10.0. The number of pyridine rings is 1. The molecule has 0 saturated heterocycles. The van der Waals surface area contributed by atoms with E-state index in [0.29, 0.717) is 16.3 Å². The van der Waals surface area contributed by atoms with Crippen LogP contribution in [0.1, 0.15) is 27.7 Å². The van der Waals surface area contributed by atoms with E-state index >= 15 is 0 Å². The minimum atomic E-state index is -0.373. The Morgan fingerprint density at radius 1 is 1.08 bits per heavy atom. The van der Waals surface area contributed by atoms with E-state index in [9.17, 15) is 4.79 Å². The third-order valence-electron chi connectivity index (χ3n) is 3.75. The van der Waals surface area contributed by atoms with Gasteiger partial charge in [-0.15, -0.1) is 0 Å². The molecule has 2 aromatic carbocycles. The third-order valence-corrected chi connectivity index (χ3v) is 4.00. The lowest BCUT2D eigenvalue weighted by Crippen LogP contribution is -2.14. The standard InChI is InChI=1S/C20H17ClN2O2/c1-25-19(14-7-9-16(21)10-8-14)18-13-15(11-12-22-18)20(24)23-17-5-3-2-4-6-17/h2-13,19H,1H3,(H,23,24). The molecule has 0 fully saturated rings. The number of halogens is 1. The van der Waals surface area contributed by atoms with E-state index in [1.165, 1.54) is 0 Å². The fourth-order valence-electron chi connectivity index (χ4n) is 2.52. The van der Waals surface area contributed by atoms with E-state index in [0.717, 1.165) is 11.3 Å². The van der Waals surface area contributed by atoms with Gasteiger partial charge in [-0.1, -0.05) is 41.9 Å². The average molecular weight is 353 g/mol. The van der Waals surface area contributed by atoms with Crippen molar-refractivity contribution < 1.29 is 9.53 Å². The van der Waals surface area contributed by atoms with Gasteiger partial charge < -0.3 is 10.1 Å². The number of ether oxygens (including phenoxy) is 1. The highest BCUT2D eigenvalue weighted by Crippen LogP contribution is 2.25. The first-order valence-electron chi connectivity index (χ1n) is 7.78. The van der Waals surface area contributed by atoms with Crippen LogP contribution in [0, 0.1) is 0 Å². The molecule has 3 rings (SSSR count). The lowest BCUT2D eigenvalue weighted by Gasteiger charge is -2.16. The van der Waals surface area contributed by atoms with Crippen LogP contribution in [0.15, 0.2) is 72.9 Å². The normalized spacial score (nSPS) is 11.8. The van der Waals surface area contributed by atoms with Gasteiger partial charge in [-0.05, 0) is 42.0 Å². The zero-order valence-corrected chi connectivity index (χ0v) is 14.4. The number of benzene rings is 2. The molecule has 1 amide bonds. The van der Waals surface area contributed by atoms with Crippen molar-refractivity contribution in [1.82, 2.24) is 4.98 Å². The Morgan fingerprint density at radius 2 is 1.80 bits per heavy atom. The summed E-state index contributed by atoms with van der Waals surface area (Å²) in [4.78, 5) is 16.8. The van der Waals surface area contributed by atoms with Gasteiger partial charge in [-0.3, -0.25) is 9.78 Å². The summed E-state index contributed by atoms with van der Waals surface area (Å²) in [5.74, 6) is -0.194. The van der Waals surface area contributed by atoms with Gasteiger partial charge in [0, 0.05) is 29.6 Å². The molecule has 0 radical (unpaired) electrons. The number of carbonyl (C=O) groups is 1. The summed E-state index contributed by atoms with van der Waals surface area (Å²) in [6.45, 7) is 0. The number of rotatable bonds is 5. The lowest BCUT2D eigenvalue weighted by molar-refractivity contribution is 0.102. The summed E-state index contributed by atoms with van der Waals surface area (Å²) in [6, 6.07) is 20.1. The number of para-hydroxylation sites is 1. The minimum absolute atomic E-state index is 0.194. The number of nitrogens with one attached hydrogen (secondary N) is 1. The van der Waals surface area contributed by atoms with Crippen LogP contribution in [-0.4, -0.2) is 18.0 Å². The van der Waals surface area contributed by atoms with E-state index in [2.05, 4.69) is 10.3 Å². The van der Waals surface area contributed by atoms with Gasteiger partial charge in [0.25, 0.3) is 5.91 Å². The molecule has 1 unspecified atom stereocenters. The smallest absolute Gasteiger partial charge is 0.255 e. The number of hydrogen-bond donors (Lipinski definition) is 1. The van der Waals surface area contributed by atoms with Gasteiger partial charge in [0.2, 0.25) is 0 Å². The largest absolute Gasteiger partial charge is 0.370 e. The molecule has 0 saturated carbocycles. The SMILES string of the molecule is COC(c1ccc(Cl)cc1)c1cc(C(=O)Nc2ccccc2)ccn1. The number of anilines is 1. The van der Waals surface area contributed by atoms with Crippen LogP contribution in [0.4, 0.5) is 5.69 Å². The molecule has 0 spiro atoms. The summed E-state index contributed by atoms with van der Waals surface area (Å²) in [5.41, 5.74) is 2.84. The summed E-state index contributed by atoms with van der Waals surface area (Å²) >= 11 is 5.94. The van der Waals surface area contributed by atoms with Crippen molar-refractivity contribution in [1.29, 1.82) is 0 Å². The number of carbonyl (C=O) groups excluding carboxylic acids is 1. The first-order valence-corrected chi connectivity index (χ1v) is 8.16. The fourth-order valence-corrected chi connectivity index (χ4v) is 2.65.